The molecule has 0 spiro atoms. The van der Waals surface area contributed by atoms with Crippen molar-refractivity contribution >= 4 is 11.8 Å². The van der Waals surface area contributed by atoms with E-state index in [2.05, 4.69) is 50.4 Å². The zero-order valence-electron chi connectivity index (χ0n) is 18.3. The first-order chi connectivity index (χ1) is 14.0. The van der Waals surface area contributed by atoms with Crippen molar-refractivity contribution in [3.05, 3.63) is 59.7 Å². The predicted octanol–water partition coefficient (Wildman–Crippen LogP) is 6.17. The van der Waals surface area contributed by atoms with Crippen molar-refractivity contribution in [2.45, 2.75) is 45.3 Å². The fourth-order valence-electron chi connectivity index (χ4n) is 4.44. The zero-order valence-corrected chi connectivity index (χ0v) is 19.1. The third-order valence-electron chi connectivity index (χ3n) is 6.06. The second kappa shape index (κ2) is 9.90. The molecule has 0 heterocycles. The molecular formula is C25H34O3S. The van der Waals surface area contributed by atoms with Gasteiger partial charge in [0.05, 0.1) is 26.9 Å². The van der Waals surface area contributed by atoms with Gasteiger partial charge in [-0.05, 0) is 65.7 Å². The van der Waals surface area contributed by atoms with Crippen LogP contribution in [0.5, 0.6) is 11.5 Å². The van der Waals surface area contributed by atoms with Crippen molar-refractivity contribution < 1.29 is 14.2 Å². The van der Waals surface area contributed by atoms with Gasteiger partial charge in [0.2, 0.25) is 0 Å². The van der Waals surface area contributed by atoms with Gasteiger partial charge in [0.25, 0.3) is 0 Å². The van der Waals surface area contributed by atoms with Crippen LogP contribution in [-0.4, -0.2) is 32.3 Å². The van der Waals surface area contributed by atoms with Crippen molar-refractivity contribution in [1.29, 1.82) is 0 Å². The number of methoxy groups -OCH3 is 2. The van der Waals surface area contributed by atoms with Crippen LogP contribution in [0.3, 0.4) is 0 Å². The summed E-state index contributed by atoms with van der Waals surface area (Å²) in [6, 6.07) is 16.6. The molecule has 1 saturated carbocycles. The van der Waals surface area contributed by atoms with Gasteiger partial charge in [-0.15, -0.1) is 0 Å². The molecule has 0 bridgehead atoms. The van der Waals surface area contributed by atoms with E-state index < -0.39 is 0 Å². The maximum atomic E-state index is 6.37. The van der Waals surface area contributed by atoms with Crippen LogP contribution in [0.25, 0.3) is 0 Å². The van der Waals surface area contributed by atoms with Gasteiger partial charge in [-0.3, -0.25) is 0 Å². The molecule has 2 aromatic rings. The summed E-state index contributed by atoms with van der Waals surface area (Å²) in [5, 5.41) is 0. The lowest BCUT2D eigenvalue weighted by Crippen LogP contribution is -2.27. The Bertz CT molecular complexity index is 789. The second-order valence-electron chi connectivity index (χ2n) is 8.62. The molecule has 2 aromatic carbocycles. The van der Waals surface area contributed by atoms with Gasteiger partial charge in [-0.1, -0.05) is 44.2 Å². The molecule has 1 fully saturated rings. The number of benzene rings is 2. The fourth-order valence-corrected chi connectivity index (χ4v) is 5.03. The lowest BCUT2D eigenvalue weighted by molar-refractivity contribution is 0.0214. The average Bonchev–Trinajstić information content (AvgIpc) is 3.54. The Labute approximate surface area is 180 Å². The largest absolute Gasteiger partial charge is 0.497 e. The standard InChI is InChI=1S/C25H34O3S/c1-25(2,23-14-22(23)21-11-6-7-12-24(21)27-4)15-20(17-29-5)28-16-18-9-8-10-19(13-18)26-3/h6-13,20,22-23H,14-17H2,1-5H3. The van der Waals surface area contributed by atoms with E-state index in [4.69, 9.17) is 14.2 Å². The number of rotatable bonds is 11. The molecule has 0 N–H and O–H groups in total. The lowest BCUT2D eigenvalue weighted by Gasteiger charge is -2.30. The lowest BCUT2D eigenvalue weighted by atomic mass is 9.80. The molecule has 0 saturated heterocycles. The summed E-state index contributed by atoms with van der Waals surface area (Å²) in [5.41, 5.74) is 2.73. The molecule has 158 valence electrons. The van der Waals surface area contributed by atoms with Gasteiger partial charge in [0.15, 0.2) is 0 Å². The van der Waals surface area contributed by atoms with E-state index >= 15 is 0 Å². The third-order valence-corrected chi connectivity index (χ3v) is 6.76. The molecule has 4 heteroatoms. The van der Waals surface area contributed by atoms with Crippen LogP contribution in [0.4, 0.5) is 0 Å². The zero-order chi connectivity index (χ0) is 20.9. The van der Waals surface area contributed by atoms with Crippen LogP contribution in [0.2, 0.25) is 0 Å². The first-order valence-electron chi connectivity index (χ1n) is 10.3. The van der Waals surface area contributed by atoms with Gasteiger partial charge < -0.3 is 14.2 Å². The van der Waals surface area contributed by atoms with E-state index in [-0.39, 0.29) is 11.5 Å². The molecule has 3 rings (SSSR count). The summed E-state index contributed by atoms with van der Waals surface area (Å²) in [7, 11) is 3.47. The summed E-state index contributed by atoms with van der Waals surface area (Å²) in [6.45, 7) is 5.42. The highest BCUT2D eigenvalue weighted by Crippen LogP contribution is 2.60. The summed E-state index contributed by atoms with van der Waals surface area (Å²) >= 11 is 1.86. The van der Waals surface area contributed by atoms with Crippen LogP contribution in [-0.2, 0) is 11.3 Å². The van der Waals surface area contributed by atoms with Crippen molar-refractivity contribution in [2.24, 2.45) is 11.3 Å². The van der Waals surface area contributed by atoms with Crippen molar-refractivity contribution in [2.75, 3.05) is 26.2 Å². The molecule has 1 aliphatic carbocycles. The van der Waals surface area contributed by atoms with Gasteiger partial charge >= 0.3 is 0 Å². The van der Waals surface area contributed by atoms with E-state index in [0.29, 0.717) is 18.4 Å². The monoisotopic (exact) mass is 414 g/mol. The molecule has 3 unspecified atom stereocenters. The van der Waals surface area contributed by atoms with E-state index in [1.807, 2.05) is 30.0 Å². The maximum absolute atomic E-state index is 6.37. The Morgan fingerprint density at radius 3 is 2.59 bits per heavy atom. The number of hydrogen-bond acceptors (Lipinski definition) is 4. The fraction of sp³-hybridized carbons (Fsp3) is 0.520. The Morgan fingerprint density at radius 2 is 1.86 bits per heavy atom. The first-order valence-corrected chi connectivity index (χ1v) is 11.7. The van der Waals surface area contributed by atoms with Gasteiger partial charge in [-0.2, -0.15) is 11.8 Å². The summed E-state index contributed by atoms with van der Waals surface area (Å²) in [6.07, 6.45) is 4.69. The molecule has 29 heavy (non-hydrogen) atoms. The summed E-state index contributed by atoms with van der Waals surface area (Å²) < 4.78 is 17.3. The van der Waals surface area contributed by atoms with E-state index in [1.165, 1.54) is 12.0 Å². The molecular weight excluding hydrogens is 380 g/mol. The maximum Gasteiger partial charge on any atom is 0.122 e. The predicted molar refractivity (Wildman–Crippen MR) is 122 cm³/mol. The minimum absolute atomic E-state index is 0.223. The minimum atomic E-state index is 0.223. The van der Waals surface area contributed by atoms with Crippen LogP contribution < -0.4 is 9.47 Å². The second-order valence-corrected chi connectivity index (χ2v) is 9.53. The number of hydrogen-bond donors (Lipinski definition) is 0. The topological polar surface area (TPSA) is 27.7 Å². The first kappa shape index (κ1) is 22.0. The normalized spacial score (nSPS) is 19.6. The molecule has 0 amide bonds. The number of ether oxygens (including phenoxy) is 3. The number of thioether (sulfide) groups is 1. The van der Waals surface area contributed by atoms with Crippen LogP contribution in [0.1, 0.15) is 43.7 Å². The molecule has 0 aromatic heterocycles. The van der Waals surface area contributed by atoms with Crippen molar-refractivity contribution in [3.8, 4) is 11.5 Å². The van der Waals surface area contributed by atoms with Gasteiger partial charge in [-0.25, -0.2) is 0 Å². The third kappa shape index (κ3) is 5.70. The Kier molecular flexibility index (Phi) is 7.53. The van der Waals surface area contributed by atoms with E-state index in [0.717, 1.165) is 29.2 Å². The van der Waals surface area contributed by atoms with Crippen LogP contribution >= 0.6 is 11.8 Å². The van der Waals surface area contributed by atoms with Crippen LogP contribution in [0.15, 0.2) is 48.5 Å². The average molecular weight is 415 g/mol. The highest BCUT2D eigenvalue weighted by Gasteiger charge is 2.49. The smallest absolute Gasteiger partial charge is 0.122 e. The van der Waals surface area contributed by atoms with Crippen molar-refractivity contribution in [3.63, 3.8) is 0 Å². The Hall–Kier alpha value is -1.65. The van der Waals surface area contributed by atoms with Gasteiger partial charge in [0, 0.05) is 5.75 Å². The van der Waals surface area contributed by atoms with Gasteiger partial charge in [0.1, 0.15) is 11.5 Å². The quantitative estimate of drug-likeness (QED) is 0.439. The Balaban J connectivity index is 1.61. The van der Waals surface area contributed by atoms with Crippen molar-refractivity contribution in [1.82, 2.24) is 0 Å². The number of para-hydroxylation sites is 1. The summed E-state index contributed by atoms with van der Waals surface area (Å²) in [5.74, 6) is 4.17. The highest BCUT2D eigenvalue weighted by atomic mass is 32.2. The SMILES string of the molecule is COc1cccc(COC(CSC)CC(C)(C)C2CC2c2ccccc2OC)c1. The molecule has 0 radical (unpaired) electrons. The van der Waals surface area contributed by atoms with E-state index in [9.17, 15) is 0 Å². The molecule has 3 nitrogen and oxygen atoms in total. The Morgan fingerprint density at radius 1 is 1.07 bits per heavy atom. The van der Waals surface area contributed by atoms with Crippen LogP contribution in [0, 0.1) is 11.3 Å². The molecule has 1 aliphatic rings. The van der Waals surface area contributed by atoms with E-state index in [1.54, 1.807) is 14.2 Å². The summed E-state index contributed by atoms with van der Waals surface area (Å²) in [4.78, 5) is 0. The molecule has 0 aliphatic heterocycles. The minimum Gasteiger partial charge on any atom is -0.497 e. The highest BCUT2D eigenvalue weighted by molar-refractivity contribution is 7.98. The molecule has 3 atom stereocenters.